The van der Waals surface area contributed by atoms with Crippen molar-refractivity contribution in [2.24, 2.45) is 0 Å². The van der Waals surface area contributed by atoms with Crippen molar-refractivity contribution < 1.29 is 38.1 Å². The fraction of sp³-hybridized carbons (Fsp3) is 0.435. The molecule has 1 aromatic heterocycles. The summed E-state index contributed by atoms with van der Waals surface area (Å²) in [5, 5.41) is 24.1. The van der Waals surface area contributed by atoms with Gasteiger partial charge in [0.1, 0.15) is 36.2 Å². The van der Waals surface area contributed by atoms with E-state index >= 15 is 0 Å². The molecule has 1 aliphatic heterocycles. The van der Waals surface area contributed by atoms with E-state index in [0.717, 1.165) is 4.57 Å². The van der Waals surface area contributed by atoms with E-state index in [1.165, 1.54) is 38.3 Å². The molecule has 3 N–H and O–H groups in total. The fourth-order valence-electron chi connectivity index (χ4n) is 3.49. The molecule has 0 unspecified atom stereocenters. The highest BCUT2D eigenvalue weighted by molar-refractivity contribution is 7.52. The van der Waals surface area contributed by atoms with Gasteiger partial charge in [0.2, 0.25) is 0 Å². The van der Waals surface area contributed by atoms with E-state index in [1.807, 2.05) is 0 Å². The molecular weight excluding hydrogens is 493 g/mol. The number of aliphatic hydroxyl groups is 2. The van der Waals surface area contributed by atoms with Gasteiger partial charge in [-0.15, -0.1) is 0 Å². The van der Waals surface area contributed by atoms with E-state index in [-0.39, 0.29) is 12.4 Å². The van der Waals surface area contributed by atoms with Crippen LogP contribution >= 0.6 is 7.75 Å². The SMILES string of the molecule is C=CCOC(=O)[C@H](C)N[P@](=O)(OC[C@H]1O[C@@H](n2ccc(C)nc2=O)[C@](C)(O)[C@@H]1O)Oc1ccccc1. The van der Waals surface area contributed by atoms with Gasteiger partial charge in [-0.25, -0.2) is 9.36 Å². The lowest BCUT2D eigenvalue weighted by Crippen LogP contribution is -2.46. The Kier molecular flexibility index (Phi) is 8.83. The molecule has 1 fully saturated rings. The summed E-state index contributed by atoms with van der Waals surface area (Å²) in [6, 6.07) is 8.57. The lowest BCUT2D eigenvalue weighted by Gasteiger charge is -2.27. The summed E-state index contributed by atoms with van der Waals surface area (Å²) in [5.74, 6) is -0.531. The normalized spacial score (nSPS) is 26.1. The van der Waals surface area contributed by atoms with Crippen molar-refractivity contribution in [2.75, 3.05) is 13.2 Å². The Labute approximate surface area is 208 Å². The Bertz CT molecular complexity index is 1170. The number of aromatic nitrogens is 2. The zero-order chi connectivity index (χ0) is 26.5. The average molecular weight is 523 g/mol. The zero-order valence-electron chi connectivity index (χ0n) is 20.1. The van der Waals surface area contributed by atoms with Gasteiger partial charge < -0.3 is 24.2 Å². The van der Waals surface area contributed by atoms with Crippen LogP contribution in [0, 0.1) is 6.92 Å². The van der Waals surface area contributed by atoms with E-state index in [4.69, 9.17) is 18.5 Å². The zero-order valence-corrected chi connectivity index (χ0v) is 21.0. The summed E-state index contributed by atoms with van der Waals surface area (Å²) in [6.45, 7) is 7.25. The van der Waals surface area contributed by atoms with Crippen molar-refractivity contribution in [1.82, 2.24) is 14.6 Å². The molecule has 6 atom stereocenters. The molecule has 0 saturated carbocycles. The molecule has 0 spiro atoms. The predicted molar refractivity (Wildman–Crippen MR) is 128 cm³/mol. The molecule has 0 bridgehead atoms. The maximum absolute atomic E-state index is 13.6. The lowest BCUT2D eigenvalue weighted by atomic mass is 9.96. The smallest absolute Gasteiger partial charge is 0.459 e. The number of para-hydroxylation sites is 1. The molecule has 0 radical (unpaired) electrons. The third kappa shape index (κ3) is 6.47. The Hall–Kier alpha value is -2.86. The molecule has 12 nitrogen and oxygen atoms in total. The van der Waals surface area contributed by atoms with E-state index in [0.29, 0.717) is 5.69 Å². The summed E-state index contributed by atoms with van der Waals surface area (Å²) in [7, 11) is -4.24. The van der Waals surface area contributed by atoms with Gasteiger partial charge in [0.15, 0.2) is 6.23 Å². The number of hydrogen-bond donors (Lipinski definition) is 3. The first-order valence-corrected chi connectivity index (χ1v) is 12.7. The number of carbonyl (C=O) groups is 1. The monoisotopic (exact) mass is 523 g/mol. The summed E-state index contributed by atoms with van der Waals surface area (Å²) in [4.78, 5) is 28.3. The number of nitrogens with zero attached hydrogens (tertiary/aromatic N) is 2. The summed E-state index contributed by atoms with van der Waals surface area (Å²) >= 11 is 0. The molecule has 1 aromatic carbocycles. The fourth-order valence-corrected chi connectivity index (χ4v) is 4.99. The van der Waals surface area contributed by atoms with Crippen molar-refractivity contribution in [3.05, 3.63) is 71.4 Å². The quantitative estimate of drug-likeness (QED) is 0.222. The first kappa shape index (κ1) is 27.7. The van der Waals surface area contributed by atoms with Gasteiger partial charge in [0.25, 0.3) is 0 Å². The summed E-state index contributed by atoms with van der Waals surface area (Å²) < 4.78 is 36.4. The molecule has 3 rings (SSSR count). The van der Waals surface area contributed by atoms with E-state index in [1.54, 1.807) is 31.2 Å². The molecular formula is C23H30N3O9P. The van der Waals surface area contributed by atoms with Gasteiger partial charge in [-0.2, -0.15) is 10.1 Å². The number of esters is 1. The molecule has 0 amide bonds. The van der Waals surface area contributed by atoms with E-state index < -0.39 is 56.1 Å². The maximum Gasteiger partial charge on any atom is 0.459 e. The summed E-state index contributed by atoms with van der Waals surface area (Å²) in [6.07, 6.45) is -1.26. The van der Waals surface area contributed by atoms with Crippen LogP contribution in [-0.4, -0.2) is 62.8 Å². The molecule has 196 valence electrons. The Morgan fingerprint density at radius 3 is 2.72 bits per heavy atom. The molecule has 2 aromatic rings. The summed E-state index contributed by atoms with van der Waals surface area (Å²) in [5.41, 5.74) is -2.12. The van der Waals surface area contributed by atoms with Gasteiger partial charge in [-0.3, -0.25) is 13.9 Å². The van der Waals surface area contributed by atoms with Crippen LogP contribution in [0.25, 0.3) is 0 Å². The first-order chi connectivity index (χ1) is 17.0. The standard InChI is InChI=1S/C23H30N3O9P/c1-5-13-32-20(28)16(3)25-36(31,35-17-9-7-6-8-10-17)33-14-18-19(27)23(4,30)21(34-18)26-12-11-15(2)24-22(26)29/h5-12,16,18-19,21,27,30H,1,13-14H2,2-4H3,(H,25,31)/t16-,18+,19+,21+,23+,36-/m0/s1. The van der Waals surface area contributed by atoms with Crippen molar-refractivity contribution in [2.45, 2.75) is 50.8 Å². The van der Waals surface area contributed by atoms with Crippen molar-refractivity contribution in [1.29, 1.82) is 0 Å². The van der Waals surface area contributed by atoms with E-state index in [2.05, 4.69) is 16.7 Å². The first-order valence-electron chi connectivity index (χ1n) is 11.1. The van der Waals surface area contributed by atoms with Crippen LogP contribution in [0.3, 0.4) is 0 Å². The Morgan fingerprint density at radius 1 is 1.39 bits per heavy atom. The second-order valence-corrected chi connectivity index (χ2v) is 10.1. The van der Waals surface area contributed by atoms with Crippen LogP contribution in [0.1, 0.15) is 25.8 Å². The highest BCUT2D eigenvalue weighted by Gasteiger charge is 2.54. The highest BCUT2D eigenvalue weighted by atomic mass is 31.2. The number of benzene rings is 1. The number of ether oxygens (including phenoxy) is 2. The number of rotatable bonds is 11. The van der Waals surface area contributed by atoms with Crippen LogP contribution in [0.15, 0.2) is 60.0 Å². The number of nitrogens with one attached hydrogen (secondary N) is 1. The number of aryl methyl sites for hydroxylation is 1. The Balaban J connectivity index is 1.78. The van der Waals surface area contributed by atoms with E-state index in [9.17, 15) is 24.4 Å². The van der Waals surface area contributed by atoms with Crippen molar-refractivity contribution in [3.8, 4) is 5.75 Å². The van der Waals surface area contributed by atoms with Crippen LogP contribution in [0.5, 0.6) is 5.75 Å². The van der Waals surface area contributed by atoms with Crippen LogP contribution in [0.4, 0.5) is 0 Å². The van der Waals surface area contributed by atoms with Crippen molar-refractivity contribution >= 4 is 13.7 Å². The number of aliphatic hydroxyl groups excluding tert-OH is 1. The van der Waals surface area contributed by atoms with Crippen molar-refractivity contribution in [3.63, 3.8) is 0 Å². The van der Waals surface area contributed by atoms with Gasteiger partial charge in [-0.05, 0) is 39.0 Å². The van der Waals surface area contributed by atoms with Crippen LogP contribution < -0.4 is 15.3 Å². The predicted octanol–water partition coefficient (Wildman–Crippen LogP) is 1.47. The minimum Gasteiger partial charge on any atom is -0.460 e. The largest absolute Gasteiger partial charge is 0.460 e. The third-order valence-electron chi connectivity index (χ3n) is 5.40. The maximum atomic E-state index is 13.6. The van der Waals surface area contributed by atoms with Gasteiger partial charge >= 0.3 is 19.4 Å². The van der Waals surface area contributed by atoms with Crippen LogP contribution in [-0.2, 0) is 23.4 Å². The molecule has 13 heteroatoms. The van der Waals surface area contributed by atoms with Gasteiger partial charge in [0.05, 0.1) is 6.61 Å². The lowest BCUT2D eigenvalue weighted by molar-refractivity contribution is -0.144. The molecule has 36 heavy (non-hydrogen) atoms. The highest BCUT2D eigenvalue weighted by Crippen LogP contribution is 2.46. The second-order valence-electron chi connectivity index (χ2n) is 8.42. The minimum absolute atomic E-state index is 0.0403. The molecule has 2 heterocycles. The van der Waals surface area contributed by atoms with Gasteiger partial charge in [0, 0.05) is 11.9 Å². The topological polar surface area (TPSA) is 158 Å². The number of hydrogen-bond acceptors (Lipinski definition) is 10. The Morgan fingerprint density at radius 2 is 2.08 bits per heavy atom. The number of carbonyl (C=O) groups excluding carboxylic acids is 1. The average Bonchev–Trinajstić information content (AvgIpc) is 3.05. The minimum atomic E-state index is -4.24. The molecule has 1 saturated heterocycles. The molecule has 1 aliphatic rings. The second kappa shape index (κ2) is 11.5. The molecule has 0 aliphatic carbocycles. The van der Waals surface area contributed by atoms with Gasteiger partial charge in [-0.1, -0.05) is 30.9 Å². The third-order valence-corrected chi connectivity index (χ3v) is 7.05. The van der Waals surface area contributed by atoms with Crippen LogP contribution in [0.2, 0.25) is 0 Å².